The van der Waals surface area contributed by atoms with Crippen LogP contribution in [-0.4, -0.2) is 18.7 Å². The molecule has 0 spiro atoms. The van der Waals surface area contributed by atoms with E-state index in [-0.39, 0.29) is 23.8 Å². The van der Waals surface area contributed by atoms with E-state index in [4.69, 9.17) is 11.2 Å². The van der Waals surface area contributed by atoms with Crippen molar-refractivity contribution >= 4 is 22.9 Å². The molecule has 4 heteroatoms. The van der Waals surface area contributed by atoms with E-state index in [1.165, 1.54) is 12.8 Å². The number of hydrogen-bond acceptors (Lipinski definition) is 3. The van der Waals surface area contributed by atoms with E-state index in [1.54, 1.807) is 6.21 Å². The fraction of sp³-hybridized carbons (Fsp3) is 0.391. The summed E-state index contributed by atoms with van der Waals surface area (Å²) in [6, 6.07) is 11.9. The number of nitrogens with zero attached hydrogens (tertiary/aromatic N) is 1. The SMILES string of the molecule is C#CCOc1ccc2ccccc2c1/C=N\NC(=O)[C@@H]1[C@@H]2CCCC[C@]12C. The molecule has 0 radical (unpaired) electrons. The number of rotatable bonds is 5. The number of hydrogen-bond donors (Lipinski definition) is 1. The van der Waals surface area contributed by atoms with Gasteiger partial charge in [-0.2, -0.15) is 5.10 Å². The number of ether oxygens (including phenoxy) is 1. The molecule has 0 aliphatic heterocycles. The molecule has 0 heterocycles. The van der Waals surface area contributed by atoms with Crippen molar-refractivity contribution in [2.75, 3.05) is 6.61 Å². The van der Waals surface area contributed by atoms with Gasteiger partial charge in [-0.1, -0.05) is 56.0 Å². The van der Waals surface area contributed by atoms with Gasteiger partial charge < -0.3 is 4.74 Å². The summed E-state index contributed by atoms with van der Waals surface area (Å²) >= 11 is 0. The molecule has 2 aliphatic rings. The van der Waals surface area contributed by atoms with Crippen molar-refractivity contribution in [3.63, 3.8) is 0 Å². The van der Waals surface area contributed by atoms with E-state index >= 15 is 0 Å². The minimum absolute atomic E-state index is 0.0342. The number of hydrazone groups is 1. The van der Waals surface area contributed by atoms with Crippen molar-refractivity contribution in [2.45, 2.75) is 32.6 Å². The van der Waals surface area contributed by atoms with Crippen LogP contribution in [0.15, 0.2) is 41.5 Å². The Labute approximate surface area is 160 Å². The zero-order chi connectivity index (χ0) is 18.9. The average Bonchev–Trinajstić information content (AvgIpc) is 3.32. The highest BCUT2D eigenvalue weighted by molar-refractivity contribution is 6.02. The number of carbonyl (C=O) groups is 1. The molecule has 2 saturated carbocycles. The van der Waals surface area contributed by atoms with Gasteiger partial charge in [0.05, 0.1) is 6.21 Å². The average molecular weight is 360 g/mol. The molecule has 27 heavy (non-hydrogen) atoms. The lowest BCUT2D eigenvalue weighted by Crippen LogP contribution is -2.22. The van der Waals surface area contributed by atoms with Gasteiger partial charge in [0.1, 0.15) is 12.4 Å². The van der Waals surface area contributed by atoms with Gasteiger partial charge in [-0.15, -0.1) is 6.42 Å². The van der Waals surface area contributed by atoms with Crippen LogP contribution in [0, 0.1) is 29.6 Å². The third-order valence-electron chi connectivity index (χ3n) is 6.22. The second-order valence-electron chi connectivity index (χ2n) is 7.76. The number of fused-ring (bicyclic) bond motifs is 2. The Bertz CT molecular complexity index is 943. The summed E-state index contributed by atoms with van der Waals surface area (Å²) in [5.41, 5.74) is 3.76. The number of carbonyl (C=O) groups excluding carboxylic acids is 1. The molecule has 4 nitrogen and oxygen atoms in total. The Balaban J connectivity index is 1.54. The first-order chi connectivity index (χ1) is 13.1. The standard InChI is InChI=1S/C23H24N2O2/c1-3-14-27-20-12-11-16-8-4-5-9-17(16)18(20)15-24-25-22(26)21-19-10-6-7-13-23(19,21)2/h1,4-5,8-9,11-12,15,19,21H,6-7,10,13-14H2,2H3,(H,25,26)/b24-15-/t19-,21-,23-/m0/s1. The van der Waals surface area contributed by atoms with Crippen molar-refractivity contribution in [1.29, 1.82) is 0 Å². The van der Waals surface area contributed by atoms with Crippen LogP contribution in [0.25, 0.3) is 10.8 Å². The third kappa shape index (κ3) is 3.19. The normalized spacial score (nSPS) is 26.4. The Morgan fingerprint density at radius 3 is 3.00 bits per heavy atom. The number of amides is 1. The predicted molar refractivity (Wildman–Crippen MR) is 108 cm³/mol. The van der Waals surface area contributed by atoms with Crippen LogP contribution in [0.1, 0.15) is 38.2 Å². The van der Waals surface area contributed by atoms with Crippen LogP contribution < -0.4 is 10.2 Å². The van der Waals surface area contributed by atoms with Crippen LogP contribution in [-0.2, 0) is 4.79 Å². The molecule has 1 N–H and O–H groups in total. The van der Waals surface area contributed by atoms with E-state index in [0.717, 1.165) is 29.2 Å². The van der Waals surface area contributed by atoms with Crippen molar-refractivity contribution in [3.05, 3.63) is 42.0 Å². The molecular weight excluding hydrogens is 336 g/mol. The van der Waals surface area contributed by atoms with Gasteiger partial charge in [0.15, 0.2) is 0 Å². The molecule has 2 fully saturated rings. The topological polar surface area (TPSA) is 50.7 Å². The van der Waals surface area contributed by atoms with Crippen LogP contribution in [0.5, 0.6) is 5.75 Å². The van der Waals surface area contributed by atoms with E-state index in [9.17, 15) is 4.79 Å². The van der Waals surface area contributed by atoms with Crippen molar-refractivity contribution in [3.8, 4) is 18.1 Å². The molecule has 2 aromatic carbocycles. The highest BCUT2D eigenvalue weighted by atomic mass is 16.5. The Hall–Kier alpha value is -2.80. The van der Waals surface area contributed by atoms with E-state index < -0.39 is 0 Å². The van der Waals surface area contributed by atoms with Gasteiger partial charge in [-0.25, -0.2) is 5.43 Å². The van der Waals surface area contributed by atoms with Crippen LogP contribution in [0.3, 0.4) is 0 Å². The molecule has 4 rings (SSSR count). The van der Waals surface area contributed by atoms with Gasteiger partial charge in [-0.05, 0) is 41.0 Å². The number of terminal acetylenes is 1. The monoisotopic (exact) mass is 360 g/mol. The molecule has 3 atom stereocenters. The molecule has 0 bridgehead atoms. The first-order valence-electron chi connectivity index (χ1n) is 9.56. The smallest absolute Gasteiger partial charge is 0.244 e. The lowest BCUT2D eigenvalue weighted by Gasteiger charge is -2.15. The summed E-state index contributed by atoms with van der Waals surface area (Å²) < 4.78 is 5.66. The van der Waals surface area contributed by atoms with Crippen molar-refractivity contribution in [2.24, 2.45) is 22.4 Å². The highest BCUT2D eigenvalue weighted by Gasteiger charge is 2.64. The number of benzene rings is 2. The van der Waals surface area contributed by atoms with Crippen LogP contribution >= 0.6 is 0 Å². The lowest BCUT2D eigenvalue weighted by molar-refractivity contribution is -0.123. The van der Waals surface area contributed by atoms with Crippen LogP contribution in [0.2, 0.25) is 0 Å². The third-order valence-corrected chi connectivity index (χ3v) is 6.22. The molecule has 0 saturated heterocycles. The van der Waals surface area contributed by atoms with Crippen molar-refractivity contribution < 1.29 is 9.53 Å². The predicted octanol–water partition coefficient (Wildman–Crippen LogP) is 4.13. The fourth-order valence-electron chi connectivity index (χ4n) is 4.73. The molecule has 1 amide bonds. The minimum atomic E-state index is 0.0342. The highest BCUT2D eigenvalue weighted by Crippen LogP contribution is 2.66. The maximum atomic E-state index is 12.6. The second kappa shape index (κ2) is 7.08. The van der Waals surface area contributed by atoms with Crippen molar-refractivity contribution in [1.82, 2.24) is 5.43 Å². The van der Waals surface area contributed by atoms with Gasteiger partial charge in [0.2, 0.25) is 5.91 Å². The van der Waals surface area contributed by atoms with Gasteiger partial charge >= 0.3 is 0 Å². The van der Waals surface area contributed by atoms with E-state index in [1.807, 2.05) is 36.4 Å². The maximum Gasteiger partial charge on any atom is 0.244 e. The van der Waals surface area contributed by atoms with E-state index in [0.29, 0.717) is 11.7 Å². The lowest BCUT2D eigenvalue weighted by atomic mass is 9.90. The first kappa shape index (κ1) is 17.6. The minimum Gasteiger partial charge on any atom is -0.480 e. The quantitative estimate of drug-likeness (QED) is 0.495. The first-order valence-corrected chi connectivity index (χ1v) is 9.56. The maximum absolute atomic E-state index is 12.6. The molecule has 0 aromatic heterocycles. The molecule has 0 unspecified atom stereocenters. The second-order valence-corrected chi connectivity index (χ2v) is 7.76. The summed E-state index contributed by atoms with van der Waals surface area (Å²) in [7, 11) is 0. The largest absolute Gasteiger partial charge is 0.480 e. The summed E-state index contributed by atoms with van der Waals surface area (Å²) in [5.74, 6) is 3.80. The fourth-order valence-corrected chi connectivity index (χ4v) is 4.73. The molecule has 2 aromatic rings. The Morgan fingerprint density at radius 2 is 2.22 bits per heavy atom. The summed E-state index contributed by atoms with van der Waals surface area (Å²) in [5, 5.41) is 6.35. The zero-order valence-electron chi connectivity index (χ0n) is 15.6. The molecule has 2 aliphatic carbocycles. The summed E-state index contributed by atoms with van der Waals surface area (Å²) in [6.45, 7) is 2.43. The zero-order valence-corrected chi connectivity index (χ0v) is 15.6. The van der Waals surface area contributed by atoms with Gasteiger partial charge in [0.25, 0.3) is 0 Å². The van der Waals surface area contributed by atoms with Gasteiger partial charge in [-0.3, -0.25) is 4.79 Å². The Morgan fingerprint density at radius 1 is 1.37 bits per heavy atom. The van der Waals surface area contributed by atoms with Crippen LogP contribution in [0.4, 0.5) is 0 Å². The summed E-state index contributed by atoms with van der Waals surface area (Å²) in [6.07, 6.45) is 11.8. The Kier molecular flexibility index (Phi) is 4.61. The van der Waals surface area contributed by atoms with E-state index in [2.05, 4.69) is 23.4 Å². The molecular formula is C23H24N2O2. The molecule has 138 valence electrons. The summed E-state index contributed by atoms with van der Waals surface area (Å²) in [4.78, 5) is 12.6. The van der Waals surface area contributed by atoms with Gasteiger partial charge in [0, 0.05) is 11.5 Å². The number of nitrogens with one attached hydrogen (secondary N) is 1.